The van der Waals surface area contributed by atoms with Crippen LogP contribution in [0.3, 0.4) is 0 Å². The highest BCUT2D eigenvalue weighted by atomic mass is 32.2. The Kier molecular flexibility index (Phi) is 7.03. The average Bonchev–Trinajstić information content (AvgIpc) is 2.84. The van der Waals surface area contributed by atoms with Crippen molar-refractivity contribution in [3.63, 3.8) is 0 Å². The first-order chi connectivity index (χ1) is 16.4. The standard InChI is InChI=1S/C25H23N5O3S/c1-3-21(31)26-20-12-11-15(2)13-18(20)23-24(33)28-25(30-29-23)34-14-22(32)27-19-10-6-8-16-7-4-5-9-17(16)19/h4-13H,3,14H2,1-2H3,(H,26,31)(H,27,32)(H,28,30,33). The molecule has 34 heavy (non-hydrogen) atoms. The molecule has 0 atom stereocenters. The van der Waals surface area contributed by atoms with E-state index in [1.54, 1.807) is 19.1 Å². The van der Waals surface area contributed by atoms with E-state index in [1.165, 1.54) is 0 Å². The van der Waals surface area contributed by atoms with Gasteiger partial charge in [-0.25, -0.2) is 0 Å². The molecule has 9 heteroatoms. The van der Waals surface area contributed by atoms with Crippen LogP contribution < -0.4 is 16.2 Å². The third kappa shape index (κ3) is 5.32. The summed E-state index contributed by atoms with van der Waals surface area (Å²) in [6.45, 7) is 3.63. The molecule has 4 rings (SSSR count). The number of hydrogen-bond donors (Lipinski definition) is 3. The zero-order valence-corrected chi connectivity index (χ0v) is 19.5. The number of hydrogen-bond acceptors (Lipinski definition) is 6. The Balaban J connectivity index is 1.48. The molecule has 3 aromatic carbocycles. The van der Waals surface area contributed by atoms with Crippen LogP contribution in [0.5, 0.6) is 0 Å². The van der Waals surface area contributed by atoms with Gasteiger partial charge in [0.15, 0.2) is 10.9 Å². The van der Waals surface area contributed by atoms with Gasteiger partial charge in [0, 0.05) is 23.1 Å². The summed E-state index contributed by atoms with van der Waals surface area (Å²) in [4.78, 5) is 39.8. The van der Waals surface area contributed by atoms with E-state index in [9.17, 15) is 14.4 Å². The zero-order chi connectivity index (χ0) is 24.1. The lowest BCUT2D eigenvalue weighted by molar-refractivity contribution is -0.116. The van der Waals surface area contributed by atoms with Gasteiger partial charge in [0.05, 0.1) is 11.4 Å². The van der Waals surface area contributed by atoms with Crippen LogP contribution in [0.15, 0.2) is 70.6 Å². The van der Waals surface area contributed by atoms with E-state index in [-0.39, 0.29) is 28.4 Å². The topological polar surface area (TPSA) is 117 Å². The SMILES string of the molecule is CCC(=O)Nc1ccc(C)cc1-c1nnc(SCC(=O)Nc2cccc3ccccc23)[nH]c1=O. The van der Waals surface area contributed by atoms with Gasteiger partial charge in [-0.3, -0.25) is 19.4 Å². The molecule has 0 aliphatic rings. The number of aryl methyl sites for hydroxylation is 1. The summed E-state index contributed by atoms with van der Waals surface area (Å²) in [5.41, 5.74) is 2.26. The maximum atomic E-state index is 12.8. The molecular weight excluding hydrogens is 450 g/mol. The number of rotatable bonds is 7. The van der Waals surface area contributed by atoms with E-state index < -0.39 is 5.56 Å². The normalized spacial score (nSPS) is 10.8. The number of fused-ring (bicyclic) bond motifs is 1. The van der Waals surface area contributed by atoms with Gasteiger partial charge in [0.1, 0.15) is 0 Å². The Morgan fingerprint density at radius 1 is 0.941 bits per heavy atom. The van der Waals surface area contributed by atoms with Crippen LogP contribution in [0.1, 0.15) is 18.9 Å². The lowest BCUT2D eigenvalue weighted by Gasteiger charge is -2.11. The first kappa shape index (κ1) is 23.2. The fraction of sp³-hybridized carbons (Fsp3) is 0.160. The van der Waals surface area contributed by atoms with Crippen LogP contribution in [0.25, 0.3) is 22.0 Å². The number of H-pyrrole nitrogens is 1. The summed E-state index contributed by atoms with van der Waals surface area (Å²) in [5, 5.41) is 16.1. The van der Waals surface area contributed by atoms with Crippen molar-refractivity contribution in [2.75, 3.05) is 16.4 Å². The molecule has 0 unspecified atom stereocenters. The van der Waals surface area contributed by atoms with Crippen LogP contribution in [-0.4, -0.2) is 32.7 Å². The number of amides is 2. The van der Waals surface area contributed by atoms with Crippen molar-refractivity contribution < 1.29 is 9.59 Å². The molecule has 0 saturated heterocycles. The van der Waals surface area contributed by atoms with E-state index in [0.717, 1.165) is 33.8 Å². The summed E-state index contributed by atoms with van der Waals surface area (Å²) in [6, 6.07) is 18.9. The van der Waals surface area contributed by atoms with E-state index in [0.29, 0.717) is 17.7 Å². The van der Waals surface area contributed by atoms with Crippen molar-refractivity contribution in [2.24, 2.45) is 0 Å². The monoisotopic (exact) mass is 473 g/mol. The van der Waals surface area contributed by atoms with Crippen molar-refractivity contribution in [1.29, 1.82) is 0 Å². The van der Waals surface area contributed by atoms with Crippen LogP contribution in [0.4, 0.5) is 11.4 Å². The average molecular weight is 474 g/mol. The molecule has 0 saturated carbocycles. The Bertz CT molecular complexity index is 1430. The molecule has 1 heterocycles. The number of nitrogens with zero attached hydrogens (tertiary/aromatic N) is 2. The number of nitrogens with one attached hydrogen (secondary N) is 3. The molecule has 3 N–H and O–H groups in total. The Morgan fingerprint density at radius 3 is 2.50 bits per heavy atom. The van der Waals surface area contributed by atoms with Gasteiger partial charge in [-0.2, -0.15) is 0 Å². The predicted octanol–water partition coefficient (Wildman–Crippen LogP) is 4.37. The minimum absolute atomic E-state index is 0.0510. The number of aromatic amines is 1. The number of thioether (sulfide) groups is 1. The van der Waals surface area contributed by atoms with Crippen LogP contribution in [0, 0.1) is 6.92 Å². The lowest BCUT2D eigenvalue weighted by atomic mass is 10.1. The maximum Gasteiger partial charge on any atom is 0.278 e. The fourth-order valence-corrected chi connectivity index (χ4v) is 4.02. The van der Waals surface area contributed by atoms with Crippen LogP contribution >= 0.6 is 11.8 Å². The van der Waals surface area contributed by atoms with Crippen molar-refractivity contribution in [3.8, 4) is 11.3 Å². The van der Waals surface area contributed by atoms with E-state index >= 15 is 0 Å². The van der Waals surface area contributed by atoms with Crippen molar-refractivity contribution in [3.05, 3.63) is 76.6 Å². The van der Waals surface area contributed by atoms with Gasteiger partial charge in [-0.05, 0) is 30.5 Å². The maximum absolute atomic E-state index is 12.8. The predicted molar refractivity (Wildman–Crippen MR) is 135 cm³/mol. The molecule has 0 aliphatic carbocycles. The van der Waals surface area contributed by atoms with Gasteiger partial charge in [-0.1, -0.05) is 66.7 Å². The molecule has 8 nitrogen and oxygen atoms in total. The molecule has 0 aliphatic heterocycles. The highest BCUT2D eigenvalue weighted by Crippen LogP contribution is 2.26. The summed E-state index contributed by atoms with van der Waals surface area (Å²) in [7, 11) is 0. The smallest absolute Gasteiger partial charge is 0.278 e. The van der Waals surface area contributed by atoms with Crippen molar-refractivity contribution in [1.82, 2.24) is 15.2 Å². The molecule has 0 radical (unpaired) electrons. The Labute approximate surface area is 200 Å². The third-order valence-corrected chi connectivity index (χ3v) is 5.97. The molecule has 1 aromatic heterocycles. The minimum Gasteiger partial charge on any atom is -0.325 e. The number of carbonyl (C=O) groups is 2. The lowest BCUT2D eigenvalue weighted by Crippen LogP contribution is -2.18. The van der Waals surface area contributed by atoms with E-state index in [4.69, 9.17) is 0 Å². The molecule has 0 bridgehead atoms. The van der Waals surface area contributed by atoms with Gasteiger partial charge in [0.25, 0.3) is 5.56 Å². The van der Waals surface area contributed by atoms with Crippen LogP contribution in [0.2, 0.25) is 0 Å². The second kappa shape index (κ2) is 10.3. The molecule has 4 aromatic rings. The van der Waals surface area contributed by atoms with Gasteiger partial charge < -0.3 is 10.6 Å². The summed E-state index contributed by atoms with van der Waals surface area (Å²) < 4.78 is 0. The molecule has 0 fully saturated rings. The minimum atomic E-state index is -0.454. The summed E-state index contributed by atoms with van der Waals surface area (Å²) in [6.07, 6.45) is 0.311. The molecule has 0 spiro atoms. The highest BCUT2D eigenvalue weighted by molar-refractivity contribution is 7.99. The van der Waals surface area contributed by atoms with Crippen molar-refractivity contribution in [2.45, 2.75) is 25.4 Å². The van der Waals surface area contributed by atoms with Crippen molar-refractivity contribution >= 4 is 45.7 Å². The van der Waals surface area contributed by atoms with Crippen LogP contribution in [-0.2, 0) is 9.59 Å². The van der Waals surface area contributed by atoms with Gasteiger partial charge in [0.2, 0.25) is 11.8 Å². The quantitative estimate of drug-likeness (QED) is 0.343. The third-order valence-electron chi connectivity index (χ3n) is 5.11. The summed E-state index contributed by atoms with van der Waals surface area (Å²) in [5.74, 6) is -0.342. The number of aromatic nitrogens is 3. The largest absolute Gasteiger partial charge is 0.325 e. The van der Waals surface area contributed by atoms with Gasteiger partial charge in [-0.15, -0.1) is 10.2 Å². The number of benzene rings is 3. The second-order valence-corrected chi connectivity index (χ2v) is 8.59. The first-order valence-electron chi connectivity index (χ1n) is 10.7. The Hall–Kier alpha value is -3.98. The highest BCUT2D eigenvalue weighted by Gasteiger charge is 2.15. The molecule has 172 valence electrons. The molecule has 2 amide bonds. The molecular formula is C25H23N5O3S. The first-order valence-corrected chi connectivity index (χ1v) is 11.7. The van der Waals surface area contributed by atoms with E-state index in [2.05, 4.69) is 25.8 Å². The van der Waals surface area contributed by atoms with E-state index in [1.807, 2.05) is 55.5 Å². The fourth-order valence-electron chi connectivity index (χ4n) is 3.42. The zero-order valence-electron chi connectivity index (χ0n) is 18.7. The number of carbonyl (C=O) groups excluding carboxylic acids is 2. The number of anilines is 2. The second-order valence-electron chi connectivity index (χ2n) is 7.62. The summed E-state index contributed by atoms with van der Waals surface area (Å²) >= 11 is 1.08. The Morgan fingerprint density at radius 2 is 1.71 bits per heavy atom. The van der Waals surface area contributed by atoms with Gasteiger partial charge >= 0.3 is 0 Å².